The Bertz CT molecular complexity index is 478. The first-order valence-electron chi connectivity index (χ1n) is 6.76. The van der Waals surface area contributed by atoms with Gasteiger partial charge >= 0.3 is 0 Å². The Morgan fingerprint density at radius 1 is 1.53 bits per heavy atom. The van der Waals surface area contributed by atoms with Crippen LogP contribution in [0, 0.1) is 0 Å². The highest BCUT2D eigenvalue weighted by Crippen LogP contribution is 2.10. The van der Waals surface area contributed by atoms with Gasteiger partial charge in [0.25, 0.3) is 11.5 Å². The molecule has 1 aromatic heterocycles. The molecule has 2 N–H and O–H groups in total. The second-order valence-corrected chi connectivity index (χ2v) is 4.88. The third-order valence-corrected chi connectivity index (χ3v) is 3.43. The molecule has 2 rings (SSSR count). The maximum atomic E-state index is 12.0. The predicted molar refractivity (Wildman–Crippen MR) is 72.1 cm³/mol. The zero-order chi connectivity index (χ0) is 13.7. The second kappa shape index (κ2) is 6.47. The number of amides is 1. The van der Waals surface area contributed by atoms with Crippen LogP contribution in [0.5, 0.6) is 0 Å². The van der Waals surface area contributed by atoms with Crippen LogP contribution in [0.1, 0.15) is 36.5 Å². The Kier molecular flexibility index (Phi) is 4.68. The molecular formula is C13H20N4O2. The lowest BCUT2D eigenvalue weighted by atomic mass is 10.0. The topological polar surface area (TPSA) is 78.1 Å². The molecule has 0 spiro atoms. The molecule has 19 heavy (non-hydrogen) atoms. The quantitative estimate of drug-likeness (QED) is 0.824. The average molecular weight is 264 g/mol. The molecule has 1 fully saturated rings. The normalized spacial score (nSPS) is 17.3. The molecule has 0 radical (unpaired) electrons. The van der Waals surface area contributed by atoms with Crippen LogP contribution in [0.3, 0.4) is 0 Å². The van der Waals surface area contributed by atoms with Gasteiger partial charge in [-0.3, -0.25) is 9.59 Å². The van der Waals surface area contributed by atoms with E-state index in [1.54, 1.807) is 0 Å². The number of carbonyl (C=O) groups excluding carboxylic acids is 1. The van der Waals surface area contributed by atoms with E-state index in [9.17, 15) is 9.59 Å². The van der Waals surface area contributed by atoms with Gasteiger partial charge in [0.05, 0.1) is 6.33 Å². The van der Waals surface area contributed by atoms with Gasteiger partial charge in [0, 0.05) is 25.3 Å². The Labute approximate surface area is 112 Å². The predicted octanol–water partition coefficient (Wildman–Crippen LogP) is 0.374. The van der Waals surface area contributed by atoms with Crippen molar-refractivity contribution < 1.29 is 4.79 Å². The number of nitrogens with one attached hydrogen (secondary N) is 2. The molecule has 0 atom stereocenters. The molecule has 6 heteroatoms. The van der Waals surface area contributed by atoms with Crippen LogP contribution in [0.2, 0.25) is 0 Å². The lowest BCUT2D eigenvalue weighted by Gasteiger charge is -2.31. The van der Waals surface area contributed by atoms with Crippen LogP contribution >= 0.6 is 0 Å². The summed E-state index contributed by atoms with van der Waals surface area (Å²) < 4.78 is 0. The highest BCUT2D eigenvalue weighted by Gasteiger charge is 2.21. The summed E-state index contributed by atoms with van der Waals surface area (Å²) in [4.78, 5) is 32.0. The summed E-state index contributed by atoms with van der Waals surface area (Å²) in [6.07, 6.45) is 5.61. The van der Waals surface area contributed by atoms with Crippen molar-refractivity contribution in [1.29, 1.82) is 0 Å². The van der Waals surface area contributed by atoms with E-state index >= 15 is 0 Å². The standard InChI is InChI=1S/C13H20N4O2/c1-2-5-17-6-3-10(4-7-17)16-13(19)11-8-14-9-15-12(11)18/h8-10H,2-7H2,1H3,(H,16,19)(H,14,15,18). The molecule has 6 nitrogen and oxygen atoms in total. The number of rotatable bonds is 4. The summed E-state index contributed by atoms with van der Waals surface area (Å²) in [5.74, 6) is -0.330. The summed E-state index contributed by atoms with van der Waals surface area (Å²) in [6.45, 7) is 5.29. The van der Waals surface area contributed by atoms with E-state index in [2.05, 4.69) is 27.1 Å². The first-order valence-corrected chi connectivity index (χ1v) is 6.76. The number of piperidine rings is 1. The van der Waals surface area contributed by atoms with Gasteiger partial charge in [-0.15, -0.1) is 0 Å². The number of likely N-dealkylation sites (tertiary alicyclic amines) is 1. The summed E-state index contributed by atoms with van der Waals surface area (Å²) in [5, 5.41) is 2.91. The van der Waals surface area contributed by atoms with Crippen molar-refractivity contribution in [2.45, 2.75) is 32.2 Å². The fourth-order valence-corrected chi connectivity index (χ4v) is 2.39. The van der Waals surface area contributed by atoms with Crippen molar-refractivity contribution in [1.82, 2.24) is 20.2 Å². The van der Waals surface area contributed by atoms with E-state index in [-0.39, 0.29) is 17.5 Å². The van der Waals surface area contributed by atoms with Crippen LogP contribution in [0.25, 0.3) is 0 Å². The molecular weight excluding hydrogens is 244 g/mol. The summed E-state index contributed by atoms with van der Waals surface area (Å²) in [6, 6.07) is 0.153. The van der Waals surface area contributed by atoms with Gasteiger partial charge in [-0.2, -0.15) is 0 Å². The highest BCUT2D eigenvalue weighted by atomic mass is 16.2. The molecule has 1 amide bonds. The molecule has 0 unspecified atom stereocenters. The minimum Gasteiger partial charge on any atom is -0.349 e. The van der Waals surface area contributed by atoms with Crippen molar-refractivity contribution in [2.75, 3.05) is 19.6 Å². The molecule has 1 aliphatic rings. The van der Waals surface area contributed by atoms with Crippen molar-refractivity contribution in [3.8, 4) is 0 Å². The largest absolute Gasteiger partial charge is 0.349 e. The summed E-state index contributed by atoms with van der Waals surface area (Å²) in [7, 11) is 0. The van der Waals surface area contributed by atoms with Crippen molar-refractivity contribution in [3.05, 3.63) is 28.4 Å². The summed E-state index contributed by atoms with van der Waals surface area (Å²) in [5.41, 5.74) is -0.311. The van der Waals surface area contributed by atoms with Gasteiger partial charge in [0.2, 0.25) is 0 Å². The molecule has 0 bridgehead atoms. The van der Waals surface area contributed by atoms with Crippen molar-refractivity contribution >= 4 is 5.91 Å². The molecule has 0 aliphatic carbocycles. The highest BCUT2D eigenvalue weighted by molar-refractivity contribution is 5.93. The fourth-order valence-electron chi connectivity index (χ4n) is 2.39. The number of hydrogen-bond donors (Lipinski definition) is 2. The lowest BCUT2D eigenvalue weighted by molar-refractivity contribution is 0.0909. The Morgan fingerprint density at radius 3 is 2.89 bits per heavy atom. The lowest BCUT2D eigenvalue weighted by Crippen LogP contribution is -2.45. The first-order chi connectivity index (χ1) is 9.20. The average Bonchev–Trinajstić information content (AvgIpc) is 2.42. The number of carbonyl (C=O) groups is 1. The van der Waals surface area contributed by atoms with Gasteiger partial charge in [-0.25, -0.2) is 4.98 Å². The molecule has 1 saturated heterocycles. The van der Waals surface area contributed by atoms with Crippen LogP contribution in [0.15, 0.2) is 17.3 Å². The molecule has 1 aliphatic heterocycles. The number of aromatic nitrogens is 2. The molecule has 1 aromatic rings. The van der Waals surface area contributed by atoms with Gasteiger partial charge < -0.3 is 15.2 Å². The van der Waals surface area contributed by atoms with Crippen molar-refractivity contribution in [3.63, 3.8) is 0 Å². The Balaban J connectivity index is 1.88. The maximum absolute atomic E-state index is 12.0. The smallest absolute Gasteiger partial charge is 0.263 e. The SMILES string of the molecule is CCCN1CCC(NC(=O)c2cnc[nH]c2=O)CC1. The van der Waals surface area contributed by atoms with Crippen LogP contribution < -0.4 is 10.9 Å². The Hall–Kier alpha value is -1.69. The fraction of sp³-hybridized carbons (Fsp3) is 0.615. The maximum Gasteiger partial charge on any atom is 0.263 e. The van der Waals surface area contributed by atoms with Crippen molar-refractivity contribution in [2.24, 2.45) is 0 Å². The van der Waals surface area contributed by atoms with E-state index < -0.39 is 5.56 Å². The van der Waals surface area contributed by atoms with Gasteiger partial charge in [0.1, 0.15) is 5.56 Å². The van der Waals surface area contributed by atoms with Gasteiger partial charge in [-0.1, -0.05) is 6.92 Å². The summed E-state index contributed by atoms with van der Waals surface area (Å²) >= 11 is 0. The van der Waals surface area contributed by atoms with E-state index in [0.717, 1.165) is 38.9 Å². The van der Waals surface area contributed by atoms with Crippen LogP contribution in [-0.2, 0) is 0 Å². The number of nitrogens with zero attached hydrogens (tertiary/aromatic N) is 2. The van der Waals surface area contributed by atoms with Crippen LogP contribution in [-0.4, -0.2) is 46.5 Å². The van der Waals surface area contributed by atoms with E-state index in [1.165, 1.54) is 12.5 Å². The monoisotopic (exact) mass is 264 g/mol. The van der Waals surface area contributed by atoms with Gasteiger partial charge in [-0.05, 0) is 25.8 Å². The second-order valence-electron chi connectivity index (χ2n) is 4.88. The van der Waals surface area contributed by atoms with Gasteiger partial charge in [0.15, 0.2) is 0 Å². The third kappa shape index (κ3) is 3.64. The van der Waals surface area contributed by atoms with E-state index in [1.807, 2.05) is 0 Å². The zero-order valence-corrected chi connectivity index (χ0v) is 11.2. The number of H-pyrrole nitrogens is 1. The van der Waals surface area contributed by atoms with Crippen LogP contribution in [0.4, 0.5) is 0 Å². The van der Waals surface area contributed by atoms with E-state index in [0.29, 0.717) is 0 Å². The van der Waals surface area contributed by atoms with E-state index in [4.69, 9.17) is 0 Å². The number of hydrogen-bond acceptors (Lipinski definition) is 4. The first kappa shape index (κ1) is 13.7. The molecule has 0 aromatic carbocycles. The zero-order valence-electron chi connectivity index (χ0n) is 11.2. The molecule has 2 heterocycles. The third-order valence-electron chi connectivity index (χ3n) is 3.43. The molecule has 0 saturated carbocycles. The number of aromatic amines is 1. The minimum atomic E-state index is -0.393. The minimum absolute atomic E-state index is 0.0819. The molecule has 104 valence electrons. The Morgan fingerprint density at radius 2 is 2.26 bits per heavy atom.